The molecule has 0 bridgehead atoms. The molecule has 0 spiro atoms. The summed E-state index contributed by atoms with van der Waals surface area (Å²) in [5, 5.41) is 0. The Bertz CT molecular complexity index is 149. The minimum absolute atomic E-state index is 0.599. The molecule has 0 atom stereocenters. The maximum atomic E-state index is 5.89. The molecule has 76 valence electrons. The molecule has 2 N–H and O–H groups in total. The van der Waals surface area contributed by atoms with E-state index in [1.54, 1.807) is 0 Å². The van der Waals surface area contributed by atoms with Gasteiger partial charge in [-0.15, -0.1) is 0 Å². The highest BCUT2D eigenvalue weighted by Gasteiger charge is 2.37. The first-order valence-corrected chi connectivity index (χ1v) is 6.05. The van der Waals surface area contributed by atoms with E-state index in [-0.39, 0.29) is 0 Å². The predicted molar refractivity (Wildman–Crippen MR) is 56.5 cm³/mol. The second-order valence-corrected chi connectivity index (χ2v) is 5.27. The van der Waals surface area contributed by atoms with Gasteiger partial charge in [0.25, 0.3) is 0 Å². The van der Waals surface area contributed by atoms with Crippen molar-refractivity contribution in [1.29, 1.82) is 0 Å². The number of nitrogens with two attached hydrogens (primary N) is 1. The van der Waals surface area contributed by atoms with E-state index in [4.69, 9.17) is 5.73 Å². The number of hydrogen-bond donors (Lipinski definition) is 1. The quantitative estimate of drug-likeness (QED) is 0.711. The molecule has 0 aromatic rings. The third-order valence-corrected chi connectivity index (χ3v) is 4.29. The Hall–Kier alpha value is -0.0400. The van der Waals surface area contributed by atoms with E-state index in [1.807, 2.05) is 0 Å². The highest BCUT2D eigenvalue weighted by atomic mass is 14.6. The van der Waals surface area contributed by atoms with Crippen LogP contribution in [0.4, 0.5) is 0 Å². The first kappa shape index (κ1) is 9.51. The Balaban J connectivity index is 1.81. The Morgan fingerprint density at radius 2 is 1.69 bits per heavy atom. The van der Waals surface area contributed by atoms with E-state index in [1.165, 1.54) is 57.8 Å². The van der Waals surface area contributed by atoms with E-state index < -0.39 is 0 Å². The topological polar surface area (TPSA) is 26.0 Å². The average molecular weight is 181 g/mol. The standard InChI is InChI=1S/C12H23N/c13-10-12(7-4-8-12)9-11-5-2-1-3-6-11/h11H,1-10,13H2. The van der Waals surface area contributed by atoms with Crippen LogP contribution in [0.3, 0.4) is 0 Å². The molecule has 0 unspecified atom stereocenters. The fourth-order valence-electron chi connectivity index (χ4n) is 3.17. The van der Waals surface area contributed by atoms with Gasteiger partial charge in [-0.25, -0.2) is 0 Å². The molecule has 0 aromatic heterocycles. The smallest absolute Gasteiger partial charge is 0.00204 e. The second kappa shape index (κ2) is 4.00. The van der Waals surface area contributed by atoms with Crippen molar-refractivity contribution in [2.45, 2.75) is 57.8 Å². The molecule has 0 aromatic carbocycles. The first-order valence-electron chi connectivity index (χ1n) is 6.05. The van der Waals surface area contributed by atoms with Gasteiger partial charge in [0, 0.05) is 0 Å². The van der Waals surface area contributed by atoms with Gasteiger partial charge in [-0.1, -0.05) is 38.5 Å². The van der Waals surface area contributed by atoms with Gasteiger partial charge in [-0.05, 0) is 37.1 Å². The summed E-state index contributed by atoms with van der Waals surface area (Å²) >= 11 is 0. The molecule has 2 rings (SSSR count). The van der Waals surface area contributed by atoms with Crippen LogP contribution in [0.25, 0.3) is 0 Å². The summed E-state index contributed by atoms with van der Waals surface area (Å²) < 4.78 is 0. The highest BCUT2D eigenvalue weighted by Crippen LogP contribution is 2.47. The lowest BCUT2D eigenvalue weighted by Crippen LogP contribution is -2.39. The van der Waals surface area contributed by atoms with E-state index in [2.05, 4.69) is 0 Å². The van der Waals surface area contributed by atoms with Gasteiger partial charge in [0.15, 0.2) is 0 Å². The molecule has 2 saturated carbocycles. The van der Waals surface area contributed by atoms with Crippen LogP contribution in [0.15, 0.2) is 0 Å². The molecule has 13 heavy (non-hydrogen) atoms. The Morgan fingerprint density at radius 1 is 1.00 bits per heavy atom. The molecule has 2 aliphatic rings. The lowest BCUT2D eigenvalue weighted by Gasteiger charge is -2.44. The molecule has 1 nitrogen and oxygen atoms in total. The zero-order valence-corrected chi connectivity index (χ0v) is 8.73. The zero-order valence-electron chi connectivity index (χ0n) is 8.73. The fraction of sp³-hybridized carbons (Fsp3) is 1.00. The fourth-order valence-corrected chi connectivity index (χ4v) is 3.17. The molecule has 0 heterocycles. The zero-order chi connectivity index (χ0) is 9.15. The van der Waals surface area contributed by atoms with Crippen LogP contribution in [-0.2, 0) is 0 Å². The van der Waals surface area contributed by atoms with Gasteiger partial charge < -0.3 is 5.73 Å². The van der Waals surface area contributed by atoms with Crippen LogP contribution in [0, 0.1) is 11.3 Å². The van der Waals surface area contributed by atoms with E-state index in [0.717, 1.165) is 12.5 Å². The average Bonchev–Trinajstić information content (AvgIpc) is 2.13. The summed E-state index contributed by atoms with van der Waals surface area (Å²) in [6, 6.07) is 0. The Kier molecular flexibility index (Phi) is 2.92. The molecule has 1 heteroatoms. The third-order valence-electron chi connectivity index (χ3n) is 4.29. The summed E-state index contributed by atoms with van der Waals surface area (Å²) in [5.74, 6) is 1.03. The van der Waals surface area contributed by atoms with Crippen molar-refractivity contribution in [3.8, 4) is 0 Å². The molecule has 0 amide bonds. The molecule has 0 saturated heterocycles. The maximum absolute atomic E-state index is 5.89. The summed E-state index contributed by atoms with van der Waals surface area (Å²) in [4.78, 5) is 0. The van der Waals surface area contributed by atoms with Crippen molar-refractivity contribution >= 4 is 0 Å². The van der Waals surface area contributed by atoms with E-state index >= 15 is 0 Å². The van der Waals surface area contributed by atoms with Gasteiger partial charge in [0.1, 0.15) is 0 Å². The van der Waals surface area contributed by atoms with Crippen molar-refractivity contribution in [3.63, 3.8) is 0 Å². The second-order valence-electron chi connectivity index (χ2n) is 5.27. The Morgan fingerprint density at radius 3 is 2.15 bits per heavy atom. The number of rotatable bonds is 3. The van der Waals surface area contributed by atoms with Crippen molar-refractivity contribution in [3.05, 3.63) is 0 Å². The minimum Gasteiger partial charge on any atom is -0.330 e. The molecular formula is C12H23N. The van der Waals surface area contributed by atoms with Crippen LogP contribution in [0.5, 0.6) is 0 Å². The summed E-state index contributed by atoms with van der Waals surface area (Å²) in [6.45, 7) is 0.948. The molecular weight excluding hydrogens is 158 g/mol. The Labute approximate surface area is 82.1 Å². The maximum Gasteiger partial charge on any atom is -0.00204 e. The van der Waals surface area contributed by atoms with Crippen LogP contribution < -0.4 is 5.73 Å². The largest absolute Gasteiger partial charge is 0.330 e. The van der Waals surface area contributed by atoms with Crippen molar-refractivity contribution in [2.75, 3.05) is 6.54 Å². The highest BCUT2D eigenvalue weighted by molar-refractivity contribution is 4.90. The molecule has 0 aliphatic heterocycles. The molecule has 2 fully saturated rings. The van der Waals surface area contributed by atoms with Crippen molar-refractivity contribution in [1.82, 2.24) is 0 Å². The lowest BCUT2D eigenvalue weighted by atomic mass is 9.63. The van der Waals surface area contributed by atoms with Gasteiger partial charge >= 0.3 is 0 Å². The summed E-state index contributed by atoms with van der Waals surface area (Å²) in [6.07, 6.45) is 13.1. The summed E-state index contributed by atoms with van der Waals surface area (Å²) in [5.41, 5.74) is 6.49. The normalized spacial score (nSPS) is 28.4. The number of hydrogen-bond acceptors (Lipinski definition) is 1. The van der Waals surface area contributed by atoms with Gasteiger partial charge in [0.2, 0.25) is 0 Å². The first-order chi connectivity index (χ1) is 6.35. The van der Waals surface area contributed by atoms with Gasteiger partial charge in [-0.2, -0.15) is 0 Å². The van der Waals surface area contributed by atoms with Crippen LogP contribution in [0.1, 0.15) is 57.8 Å². The van der Waals surface area contributed by atoms with E-state index in [0.29, 0.717) is 5.41 Å². The van der Waals surface area contributed by atoms with Crippen LogP contribution >= 0.6 is 0 Å². The summed E-state index contributed by atoms with van der Waals surface area (Å²) in [7, 11) is 0. The van der Waals surface area contributed by atoms with Crippen LogP contribution in [-0.4, -0.2) is 6.54 Å². The lowest BCUT2D eigenvalue weighted by molar-refractivity contribution is 0.0912. The van der Waals surface area contributed by atoms with E-state index in [9.17, 15) is 0 Å². The minimum atomic E-state index is 0.599. The third kappa shape index (κ3) is 2.07. The predicted octanol–water partition coefficient (Wildman–Crippen LogP) is 3.09. The van der Waals surface area contributed by atoms with Gasteiger partial charge in [-0.3, -0.25) is 0 Å². The van der Waals surface area contributed by atoms with Gasteiger partial charge in [0.05, 0.1) is 0 Å². The van der Waals surface area contributed by atoms with Crippen LogP contribution in [0.2, 0.25) is 0 Å². The molecule has 0 radical (unpaired) electrons. The van der Waals surface area contributed by atoms with Crippen molar-refractivity contribution in [2.24, 2.45) is 17.1 Å². The molecule has 2 aliphatic carbocycles. The van der Waals surface area contributed by atoms with Crippen molar-refractivity contribution < 1.29 is 0 Å². The SMILES string of the molecule is NCC1(CC2CCCCC2)CCC1. The monoisotopic (exact) mass is 181 g/mol.